The second kappa shape index (κ2) is 6.11. The Morgan fingerprint density at radius 2 is 2.20 bits per heavy atom. The molecule has 1 amide bonds. The Morgan fingerprint density at radius 3 is 2.73 bits per heavy atom. The molecule has 3 heteroatoms. The minimum atomic E-state index is -0.0536. The topological polar surface area (TPSA) is 41.1 Å². The van der Waals surface area contributed by atoms with Gasteiger partial charge in [-0.1, -0.05) is 20.3 Å². The van der Waals surface area contributed by atoms with Crippen molar-refractivity contribution in [1.29, 1.82) is 0 Å². The third-order valence-electron chi connectivity index (χ3n) is 3.27. The lowest BCUT2D eigenvalue weighted by Gasteiger charge is -2.22. The average molecular weight is 212 g/mol. The van der Waals surface area contributed by atoms with Crippen LogP contribution in [0.15, 0.2) is 0 Å². The van der Waals surface area contributed by atoms with Crippen LogP contribution in [0.25, 0.3) is 0 Å². The average Bonchev–Trinajstić information content (AvgIpc) is 2.61. The summed E-state index contributed by atoms with van der Waals surface area (Å²) in [6.45, 7) is 7.07. The molecule has 0 heterocycles. The van der Waals surface area contributed by atoms with Gasteiger partial charge in [0.05, 0.1) is 6.04 Å². The Bertz CT molecular complexity index is 206. The molecule has 1 fully saturated rings. The quantitative estimate of drug-likeness (QED) is 0.728. The van der Waals surface area contributed by atoms with E-state index >= 15 is 0 Å². The van der Waals surface area contributed by atoms with Crippen LogP contribution in [0.5, 0.6) is 0 Å². The highest BCUT2D eigenvalue weighted by Gasteiger charge is 2.26. The zero-order valence-electron chi connectivity index (χ0n) is 10.2. The van der Waals surface area contributed by atoms with Crippen molar-refractivity contribution < 1.29 is 4.79 Å². The number of rotatable bonds is 5. The van der Waals surface area contributed by atoms with E-state index in [0.29, 0.717) is 12.0 Å². The molecule has 0 bridgehead atoms. The van der Waals surface area contributed by atoms with Crippen LogP contribution in [-0.2, 0) is 4.79 Å². The molecule has 3 nitrogen and oxygen atoms in total. The molecule has 1 aliphatic carbocycles. The van der Waals surface area contributed by atoms with Gasteiger partial charge in [-0.25, -0.2) is 0 Å². The lowest BCUT2D eigenvalue weighted by atomic mass is 10.1. The third kappa shape index (κ3) is 3.82. The highest BCUT2D eigenvalue weighted by molar-refractivity contribution is 5.81. The Labute approximate surface area is 93.0 Å². The summed E-state index contributed by atoms with van der Waals surface area (Å²) in [5.41, 5.74) is 0. The van der Waals surface area contributed by atoms with Gasteiger partial charge >= 0.3 is 0 Å². The molecule has 2 N–H and O–H groups in total. The van der Waals surface area contributed by atoms with Crippen molar-refractivity contribution in [3.05, 3.63) is 0 Å². The van der Waals surface area contributed by atoms with Crippen LogP contribution in [-0.4, -0.2) is 24.5 Å². The van der Waals surface area contributed by atoms with Crippen LogP contribution in [0.3, 0.4) is 0 Å². The number of hydrogen-bond donors (Lipinski definition) is 2. The molecule has 0 aliphatic heterocycles. The number of amides is 1. The lowest BCUT2D eigenvalue weighted by Crippen LogP contribution is -2.47. The molecule has 3 unspecified atom stereocenters. The number of carbonyl (C=O) groups excluding carboxylic acids is 1. The Hall–Kier alpha value is -0.570. The van der Waals surface area contributed by atoms with Gasteiger partial charge in [-0.15, -0.1) is 0 Å². The van der Waals surface area contributed by atoms with Crippen LogP contribution < -0.4 is 10.6 Å². The van der Waals surface area contributed by atoms with Crippen LogP contribution in [0.2, 0.25) is 0 Å². The predicted molar refractivity (Wildman–Crippen MR) is 62.7 cm³/mol. The van der Waals surface area contributed by atoms with Gasteiger partial charge in [0, 0.05) is 12.6 Å². The van der Waals surface area contributed by atoms with E-state index in [1.807, 2.05) is 6.92 Å². The molecule has 88 valence electrons. The van der Waals surface area contributed by atoms with Crippen molar-refractivity contribution in [2.24, 2.45) is 5.92 Å². The van der Waals surface area contributed by atoms with Crippen LogP contribution in [0, 0.1) is 5.92 Å². The summed E-state index contributed by atoms with van der Waals surface area (Å²) >= 11 is 0. The highest BCUT2D eigenvalue weighted by Crippen LogP contribution is 2.24. The van der Waals surface area contributed by atoms with E-state index in [0.717, 1.165) is 13.0 Å². The molecule has 0 radical (unpaired) electrons. The van der Waals surface area contributed by atoms with Gasteiger partial charge in [-0.2, -0.15) is 0 Å². The molecular weight excluding hydrogens is 188 g/mol. The smallest absolute Gasteiger partial charge is 0.236 e. The Morgan fingerprint density at radius 1 is 1.47 bits per heavy atom. The Kier molecular flexibility index (Phi) is 5.09. The largest absolute Gasteiger partial charge is 0.355 e. The highest BCUT2D eigenvalue weighted by atomic mass is 16.2. The van der Waals surface area contributed by atoms with Crippen molar-refractivity contribution in [3.63, 3.8) is 0 Å². The molecule has 3 atom stereocenters. The summed E-state index contributed by atoms with van der Waals surface area (Å²) in [6, 6.07) is 0.481. The fourth-order valence-corrected chi connectivity index (χ4v) is 2.19. The molecule has 0 aromatic carbocycles. The van der Waals surface area contributed by atoms with Crippen molar-refractivity contribution in [2.45, 2.75) is 58.5 Å². The van der Waals surface area contributed by atoms with Gasteiger partial charge < -0.3 is 10.6 Å². The third-order valence-corrected chi connectivity index (χ3v) is 3.27. The van der Waals surface area contributed by atoms with E-state index in [4.69, 9.17) is 0 Å². The van der Waals surface area contributed by atoms with Gasteiger partial charge in [0.15, 0.2) is 0 Å². The van der Waals surface area contributed by atoms with E-state index in [-0.39, 0.29) is 11.9 Å². The van der Waals surface area contributed by atoms with Crippen molar-refractivity contribution in [2.75, 3.05) is 6.54 Å². The molecule has 15 heavy (non-hydrogen) atoms. The summed E-state index contributed by atoms with van der Waals surface area (Å²) in [5, 5.41) is 6.34. The second-order valence-electron chi connectivity index (χ2n) is 4.69. The van der Waals surface area contributed by atoms with Gasteiger partial charge in [0.1, 0.15) is 0 Å². The molecule has 1 rings (SSSR count). The SMILES string of the molecule is CCCNC(=O)C(C)NC1CCCC1C. The molecule has 0 aromatic heterocycles. The predicted octanol–water partition coefficient (Wildman–Crippen LogP) is 1.68. The summed E-state index contributed by atoms with van der Waals surface area (Å²) in [7, 11) is 0. The molecule has 1 aliphatic rings. The van der Waals surface area contributed by atoms with Crippen molar-refractivity contribution in [3.8, 4) is 0 Å². The normalized spacial score (nSPS) is 27.7. The molecule has 0 saturated heterocycles. The summed E-state index contributed by atoms with van der Waals surface area (Å²) in [5.74, 6) is 0.849. The maximum absolute atomic E-state index is 11.6. The maximum Gasteiger partial charge on any atom is 0.236 e. The van der Waals surface area contributed by atoms with E-state index in [1.54, 1.807) is 0 Å². The first-order valence-corrected chi connectivity index (χ1v) is 6.19. The number of carbonyl (C=O) groups is 1. The van der Waals surface area contributed by atoms with Gasteiger partial charge in [-0.05, 0) is 32.1 Å². The van der Waals surface area contributed by atoms with Crippen molar-refractivity contribution >= 4 is 5.91 Å². The van der Waals surface area contributed by atoms with E-state index in [9.17, 15) is 4.79 Å². The van der Waals surface area contributed by atoms with Crippen LogP contribution in [0.1, 0.15) is 46.5 Å². The Balaban J connectivity index is 2.27. The zero-order valence-corrected chi connectivity index (χ0v) is 10.2. The van der Waals surface area contributed by atoms with Gasteiger partial charge in [0.25, 0.3) is 0 Å². The van der Waals surface area contributed by atoms with Gasteiger partial charge in [0.2, 0.25) is 5.91 Å². The number of nitrogens with one attached hydrogen (secondary N) is 2. The molecule has 1 saturated carbocycles. The van der Waals surface area contributed by atoms with E-state index < -0.39 is 0 Å². The molecule has 0 spiro atoms. The van der Waals surface area contributed by atoms with E-state index in [1.165, 1.54) is 19.3 Å². The summed E-state index contributed by atoms with van der Waals surface area (Å²) in [4.78, 5) is 11.6. The fourth-order valence-electron chi connectivity index (χ4n) is 2.19. The summed E-state index contributed by atoms with van der Waals surface area (Å²) < 4.78 is 0. The lowest BCUT2D eigenvalue weighted by molar-refractivity contribution is -0.123. The molecular formula is C12H24N2O. The van der Waals surface area contributed by atoms with Gasteiger partial charge in [-0.3, -0.25) is 4.79 Å². The minimum Gasteiger partial charge on any atom is -0.355 e. The first kappa shape index (κ1) is 12.5. The minimum absolute atomic E-state index is 0.0536. The zero-order chi connectivity index (χ0) is 11.3. The first-order valence-electron chi connectivity index (χ1n) is 6.19. The standard InChI is InChI=1S/C12H24N2O/c1-4-8-13-12(15)10(3)14-11-7-5-6-9(11)2/h9-11,14H,4-8H2,1-3H3,(H,13,15). The maximum atomic E-state index is 11.6. The monoisotopic (exact) mass is 212 g/mol. The van der Waals surface area contributed by atoms with E-state index in [2.05, 4.69) is 24.5 Å². The van der Waals surface area contributed by atoms with Crippen LogP contribution >= 0.6 is 0 Å². The summed E-state index contributed by atoms with van der Waals surface area (Å²) in [6.07, 6.45) is 4.80. The molecule has 0 aromatic rings. The number of hydrogen-bond acceptors (Lipinski definition) is 2. The van der Waals surface area contributed by atoms with Crippen LogP contribution in [0.4, 0.5) is 0 Å². The van der Waals surface area contributed by atoms with Crippen molar-refractivity contribution in [1.82, 2.24) is 10.6 Å². The second-order valence-corrected chi connectivity index (χ2v) is 4.69. The fraction of sp³-hybridized carbons (Fsp3) is 0.917. The first-order chi connectivity index (χ1) is 7.15.